The lowest BCUT2D eigenvalue weighted by Crippen LogP contribution is -2.13. The minimum Gasteiger partial charge on any atom is -0.477 e. The number of anilines is 1. The standard InChI is InChI=1S/C13H10ClN3O3/c1-7-4-8(5-11(14)16-7)12(18)17-9-2-3-10(13(19)20)15-6-9/h2-6H,1H3,(H,17,18)(H,19,20). The summed E-state index contributed by atoms with van der Waals surface area (Å²) < 4.78 is 0. The number of carbonyl (C=O) groups is 2. The zero-order chi connectivity index (χ0) is 14.7. The molecule has 102 valence electrons. The molecule has 0 fully saturated rings. The molecule has 0 saturated heterocycles. The summed E-state index contributed by atoms with van der Waals surface area (Å²) in [5.41, 5.74) is 1.29. The molecule has 7 heteroatoms. The van der Waals surface area contributed by atoms with Crippen LogP contribution < -0.4 is 5.32 Å². The number of nitrogens with one attached hydrogen (secondary N) is 1. The van der Waals surface area contributed by atoms with Crippen molar-refractivity contribution in [2.24, 2.45) is 0 Å². The molecule has 0 aromatic carbocycles. The van der Waals surface area contributed by atoms with E-state index in [1.54, 1.807) is 13.0 Å². The minimum atomic E-state index is -1.13. The maximum Gasteiger partial charge on any atom is 0.354 e. The first kappa shape index (κ1) is 14.0. The lowest BCUT2D eigenvalue weighted by molar-refractivity contribution is 0.0690. The first-order valence-electron chi connectivity index (χ1n) is 5.60. The van der Waals surface area contributed by atoms with Crippen molar-refractivity contribution < 1.29 is 14.7 Å². The Labute approximate surface area is 119 Å². The smallest absolute Gasteiger partial charge is 0.354 e. The molecule has 0 unspecified atom stereocenters. The van der Waals surface area contributed by atoms with Crippen molar-refractivity contribution in [2.45, 2.75) is 6.92 Å². The van der Waals surface area contributed by atoms with E-state index in [2.05, 4.69) is 15.3 Å². The van der Waals surface area contributed by atoms with Crippen LogP contribution >= 0.6 is 11.6 Å². The van der Waals surface area contributed by atoms with Crippen molar-refractivity contribution in [3.63, 3.8) is 0 Å². The number of nitrogens with zero attached hydrogens (tertiary/aromatic N) is 2. The second-order valence-electron chi connectivity index (χ2n) is 4.01. The molecule has 0 saturated carbocycles. The van der Waals surface area contributed by atoms with Crippen molar-refractivity contribution in [2.75, 3.05) is 5.32 Å². The predicted molar refractivity (Wildman–Crippen MR) is 73.1 cm³/mol. The number of carboxylic acids is 1. The highest BCUT2D eigenvalue weighted by molar-refractivity contribution is 6.29. The highest BCUT2D eigenvalue weighted by atomic mass is 35.5. The van der Waals surface area contributed by atoms with E-state index in [0.29, 0.717) is 16.9 Å². The predicted octanol–water partition coefficient (Wildman–Crippen LogP) is 2.39. The molecule has 0 aliphatic carbocycles. The Balaban J connectivity index is 2.16. The van der Waals surface area contributed by atoms with E-state index < -0.39 is 5.97 Å². The Morgan fingerprint density at radius 3 is 2.60 bits per heavy atom. The Morgan fingerprint density at radius 1 is 1.30 bits per heavy atom. The van der Waals surface area contributed by atoms with Crippen molar-refractivity contribution in [1.29, 1.82) is 0 Å². The van der Waals surface area contributed by atoms with Gasteiger partial charge in [-0.3, -0.25) is 4.79 Å². The van der Waals surface area contributed by atoms with E-state index in [0.717, 1.165) is 0 Å². The Bertz CT molecular complexity index is 651. The topological polar surface area (TPSA) is 92.2 Å². The molecule has 0 atom stereocenters. The fourth-order valence-electron chi connectivity index (χ4n) is 1.56. The van der Waals surface area contributed by atoms with E-state index in [4.69, 9.17) is 16.7 Å². The molecule has 2 rings (SSSR count). The Morgan fingerprint density at radius 2 is 2.05 bits per heavy atom. The first-order valence-corrected chi connectivity index (χ1v) is 5.98. The normalized spacial score (nSPS) is 10.1. The highest BCUT2D eigenvalue weighted by Gasteiger charge is 2.10. The number of carbonyl (C=O) groups excluding carboxylic acids is 1. The van der Waals surface area contributed by atoms with E-state index >= 15 is 0 Å². The van der Waals surface area contributed by atoms with Gasteiger partial charge in [0.2, 0.25) is 0 Å². The van der Waals surface area contributed by atoms with Gasteiger partial charge >= 0.3 is 5.97 Å². The number of aryl methyl sites for hydroxylation is 1. The number of halogens is 1. The van der Waals surface area contributed by atoms with Crippen molar-refractivity contribution in [3.05, 3.63) is 52.6 Å². The molecule has 0 aliphatic heterocycles. The molecule has 2 N–H and O–H groups in total. The molecule has 1 amide bonds. The lowest BCUT2D eigenvalue weighted by atomic mass is 10.2. The van der Waals surface area contributed by atoms with Crippen LogP contribution in [0.4, 0.5) is 5.69 Å². The summed E-state index contributed by atoms with van der Waals surface area (Å²) in [6.45, 7) is 1.73. The summed E-state index contributed by atoms with van der Waals surface area (Å²) in [6, 6.07) is 5.82. The lowest BCUT2D eigenvalue weighted by Gasteiger charge is -2.06. The number of hydrogen-bond acceptors (Lipinski definition) is 4. The van der Waals surface area contributed by atoms with Crippen LogP contribution in [0.3, 0.4) is 0 Å². The number of rotatable bonds is 3. The third-order valence-corrected chi connectivity index (χ3v) is 2.62. The zero-order valence-corrected chi connectivity index (χ0v) is 11.2. The largest absolute Gasteiger partial charge is 0.477 e. The first-order chi connectivity index (χ1) is 9.45. The third kappa shape index (κ3) is 3.30. The fraction of sp³-hybridized carbons (Fsp3) is 0.0769. The van der Waals surface area contributed by atoms with Gasteiger partial charge in [-0.2, -0.15) is 0 Å². The van der Waals surface area contributed by atoms with E-state index in [-0.39, 0.29) is 16.8 Å². The number of carboxylic acid groups (broad SMARTS) is 1. The highest BCUT2D eigenvalue weighted by Crippen LogP contribution is 2.13. The SMILES string of the molecule is Cc1cc(C(=O)Nc2ccc(C(=O)O)nc2)cc(Cl)n1. The molecule has 2 aromatic rings. The molecule has 0 bridgehead atoms. The summed E-state index contributed by atoms with van der Waals surface area (Å²) in [6.07, 6.45) is 1.27. The average molecular weight is 292 g/mol. The monoisotopic (exact) mass is 291 g/mol. The third-order valence-electron chi connectivity index (χ3n) is 2.42. The van der Waals surface area contributed by atoms with Crippen LogP contribution in [0, 0.1) is 6.92 Å². The molecule has 0 aliphatic rings. The number of hydrogen-bond donors (Lipinski definition) is 2. The second-order valence-corrected chi connectivity index (χ2v) is 4.40. The number of aromatic carboxylic acids is 1. The fourth-order valence-corrected chi connectivity index (χ4v) is 1.81. The zero-order valence-electron chi connectivity index (χ0n) is 10.4. The summed E-state index contributed by atoms with van der Waals surface area (Å²) in [4.78, 5) is 30.3. The minimum absolute atomic E-state index is 0.0919. The van der Waals surface area contributed by atoms with Gasteiger partial charge in [0.05, 0.1) is 11.9 Å². The number of aromatic nitrogens is 2. The Kier molecular flexibility index (Phi) is 3.95. The van der Waals surface area contributed by atoms with Gasteiger partial charge in [0, 0.05) is 11.3 Å². The summed E-state index contributed by atoms with van der Waals surface area (Å²) in [5, 5.41) is 11.6. The van der Waals surface area contributed by atoms with Crippen molar-refractivity contribution in [3.8, 4) is 0 Å². The van der Waals surface area contributed by atoms with Gasteiger partial charge < -0.3 is 10.4 Å². The average Bonchev–Trinajstić information content (AvgIpc) is 2.38. The van der Waals surface area contributed by atoms with Crippen molar-refractivity contribution in [1.82, 2.24) is 9.97 Å². The Hall–Kier alpha value is -2.47. The maximum atomic E-state index is 12.0. The number of amides is 1. The van der Waals surface area contributed by atoms with E-state index in [1.165, 1.54) is 24.4 Å². The number of pyridine rings is 2. The van der Waals surface area contributed by atoms with Gasteiger partial charge in [0.15, 0.2) is 0 Å². The van der Waals surface area contributed by atoms with Gasteiger partial charge in [-0.1, -0.05) is 11.6 Å². The van der Waals surface area contributed by atoms with Crippen molar-refractivity contribution >= 4 is 29.2 Å². The second kappa shape index (κ2) is 5.66. The van der Waals surface area contributed by atoms with Crippen LogP contribution in [-0.2, 0) is 0 Å². The van der Waals surface area contributed by atoms with Crippen LogP contribution in [0.1, 0.15) is 26.5 Å². The summed E-state index contributed by atoms with van der Waals surface area (Å²) >= 11 is 5.78. The summed E-state index contributed by atoms with van der Waals surface area (Å²) in [5.74, 6) is -1.50. The van der Waals surface area contributed by atoms with Gasteiger partial charge in [-0.25, -0.2) is 14.8 Å². The molecular weight excluding hydrogens is 282 g/mol. The van der Waals surface area contributed by atoms with Gasteiger partial charge in [0.1, 0.15) is 10.8 Å². The molecule has 2 heterocycles. The van der Waals surface area contributed by atoms with Gasteiger partial charge in [-0.15, -0.1) is 0 Å². The summed E-state index contributed by atoms with van der Waals surface area (Å²) in [7, 11) is 0. The quantitative estimate of drug-likeness (QED) is 0.847. The molecule has 2 aromatic heterocycles. The maximum absolute atomic E-state index is 12.0. The van der Waals surface area contributed by atoms with Crippen LogP contribution in [0.25, 0.3) is 0 Å². The molecule has 0 spiro atoms. The van der Waals surface area contributed by atoms with Crippen LogP contribution in [0.2, 0.25) is 5.15 Å². The van der Waals surface area contributed by atoms with Gasteiger partial charge in [-0.05, 0) is 31.2 Å². The molecular formula is C13H10ClN3O3. The van der Waals surface area contributed by atoms with E-state index in [1.807, 2.05) is 0 Å². The molecule has 0 radical (unpaired) electrons. The van der Waals surface area contributed by atoms with Gasteiger partial charge in [0.25, 0.3) is 5.91 Å². The molecule has 6 nitrogen and oxygen atoms in total. The molecule has 20 heavy (non-hydrogen) atoms. The van der Waals surface area contributed by atoms with Crippen LogP contribution in [0.15, 0.2) is 30.5 Å². The van der Waals surface area contributed by atoms with Crippen LogP contribution in [-0.4, -0.2) is 27.0 Å². The van der Waals surface area contributed by atoms with E-state index in [9.17, 15) is 9.59 Å². The van der Waals surface area contributed by atoms with Crippen LogP contribution in [0.5, 0.6) is 0 Å².